The van der Waals surface area contributed by atoms with Crippen LogP contribution in [0.5, 0.6) is 5.75 Å². The molecule has 1 aliphatic rings. The van der Waals surface area contributed by atoms with Gasteiger partial charge in [-0.3, -0.25) is 9.89 Å². The fourth-order valence-electron chi connectivity index (χ4n) is 4.83. The lowest BCUT2D eigenvalue weighted by atomic mass is 9.73. The first-order valence-corrected chi connectivity index (χ1v) is 11.2. The normalized spacial score (nSPS) is 15.6. The topological polar surface area (TPSA) is 108 Å². The Labute approximate surface area is 192 Å². The maximum atomic E-state index is 13.7. The zero-order valence-electron chi connectivity index (χ0n) is 18.6. The molecule has 0 aliphatic carbocycles. The maximum absolute atomic E-state index is 13.7. The van der Waals surface area contributed by atoms with E-state index < -0.39 is 0 Å². The summed E-state index contributed by atoms with van der Waals surface area (Å²) in [5.41, 5.74) is 10.8. The highest BCUT2D eigenvalue weighted by Gasteiger charge is 2.37. The predicted octanol–water partition coefficient (Wildman–Crippen LogP) is 3.77. The number of fused-ring (bicyclic) bond motifs is 1. The molecule has 4 N–H and O–H groups in total. The maximum Gasteiger partial charge on any atom is 0.254 e. The van der Waals surface area contributed by atoms with Crippen molar-refractivity contribution >= 4 is 16.9 Å². The molecule has 168 valence electrons. The molecule has 2 aromatic heterocycles. The lowest BCUT2D eigenvalue weighted by molar-refractivity contribution is 0.0672. The first-order valence-electron chi connectivity index (χ1n) is 11.2. The van der Waals surface area contributed by atoms with E-state index in [2.05, 4.69) is 27.3 Å². The number of benzene rings is 2. The van der Waals surface area contributed by atoms with Crippen LogP contribution < -0.4 is 5.73 Å². The van der Waals surface area contributed by atoms with E-state index in [4.69, 9.17) is 5.73 Å². The third kappa shape index (κ3) is 3.74. The fraction of sp³-hybridized carbons (Fsp3) is 0.269. The molecule has 3 heterocycles. The lowest BCUT2D eigenvalue weighted by Gasteiger charge is -2.41. The van der Waals surface area contributed by atoms with Crippen LogP contribution in [0.4, 0.5) is 0 Å². The van der Waals surface area contributed by atoms with Gasteiger partial charge in [-0.05, 0) is 55.7 Å². The fourth-order valence-corrected chi connectivity index (χ4v) is 4.83. The van der Waals surface area contributed by atoms with E-state index in [1.54, 1.807) is 24.3 Å². The molecule has 5 rings (SSSR count). The summed E-state index contributed by atoms with van der Waals surface area (Å²) in [6.07, 6.45) is 1.64. The molecule has 2 aromatic carbocycles. The van der Waals surface area contributed by atoms with E-state index in [1.165, 1.54) is 5.56 Å². The number of hydrogen-bond acceptors (Lipinski definition) is 5. The van der Waals surface area contributed by atoms with Gasteiger partial charge in [0, 0.05) is 36.3 Å². The van der Waals surface area contributed by atoms with E-state index in [-0.39, 0.29) is 17.1 Å². The van der Waals surface area contributed by atoms with Gasteiger partial charge in [-0.1, -0.05) is 30.3 Å². The Kier molecular flexibility index (Phi) is 5.34. The van der Waals surface area contributed by atoms with Gasteiger partial charge in [-0.25, -0.2) is 4.98 Å². The third-order valence-corrected chi connectivity index (χ3v) is 6.88. The van der Waals surface area contributed by atoms with Gasteiger partial charge in [-0.15, -0.1) is 0 Å². The summed E-state index contributed by atoms with van der Waals surface area (Å²) in [5, 5.41) is 17.7. The molecule has 0 unspecified atom stereocenters. The summed E-state index contributed by atoms with van der Waals surface area (Å²) in [6, 6.07) is 19.0. The average Bonchev–Trinajstić information content (AvgIpc) is 3.24. The van der Waals surface area contributed by atoms with Crippen molar-refractivity contribution in [3.63, 3.8) is 0 Å². The van der Waals surface area contributed by atoms with Crippen LogP contribution in [0.15, 0.2) is 60.7 Å². The smallest absolute Gasteiger partial charge is 0.254 e. The van der Waals surface area contributed by atoms with E-state index in [9.17, 15) is 9.90 Å². The predicted molar refractivity (Wildman–Crippen MR) is 128 cm³/mol. The number of hydrogen-bond donors (Lipinski definition) is 3. The van der Waals surface area contributed by atoms with Gasteiger partial charge in [-0.2, -0.15) is 5.10 Å². The Morgan fingerprint density at radius 2 is 1.82 bits per heavy atom. The van der Waals surface area contributed by atoms with Gasteiger partial charge in [0.15, 0.2) is 5.65 Å². The lowest BCUT2D eigenvalue weighted by Crippen LogP contribution is -2.48. The van der Waals surface area contributed by atoms with E-state index in [1.807, 2.05) is 36.1 Å². The second-order valence-electron chi connectivity index (χ2n) is 8.79. The van der Waals surface area contributed by atoms with E-state index in [0.29, 0.717) is 36.5 Å². The molecular formula is C26H27N5O2. The van der Waals surface area contributed by atoms with Gasteiger partial charge in [0.05, 0.1) is 16.6 Å². The summed E-state index contributed by atoms with van der Waals surface area (Å²) in [4.78, 5) is 20.3. The number of phenolic OH excluding ortho intramolecular Hbond substituents is 1. The van der Waals surface area contributed by atoms with Crippen molar-refractivity contribution in [2.24, 2.45) is 5.73 Å². The van der Waals surface area contributed by atoms with Gasteiger partial charge in [0.25, 0.3) is 5.91 Å². The van der Waals surface area contributed by atoms with E-state index in [0.717, 1.165) is 29.5 Å². The third-order valence-electron chi connectivity index (χ3n) is 6.88. The quantitative estimate of drug-likeness (QED) is 0.447. The summed E-state index contributed by atoms with van der Waals surface area (Å²) >= 11 is 0. The van der Waals surface area contributed by atoms with Crippen LogP contribution in [0.3, 0.4) is 0 Å². The number of phenols is 1. The SMILES string of the molecule is Cc1[nH]nc2nc(-c3ccc(O)cc3)cc(C(=O)N3CCC(CN)(c4ccccc4)CC3)c12. The van der Waals surface area contributed by atoms with Gasteiger partial charge < -0.3 is 15.7 Å². The van der Waals surface area contributed by atoms with Crippen LogP contribution in [-0.2, 0) is 5.41 Å². The first kappa shape index (κ1) is 21.2. The standard InChI is InChI=1S/C26H27N5O2/c1-17-23-21(15-22(28-24(23)30-29-17)18-7-9-20(32)10-8-18)25(33)31-13-11-26(16-27,12-14-31)19-5-3-2-4-6-19/h2-10,15,32H,11-14,16,27H2,1H3,(H,28,29,30). The number of nitrogens with one attached hydrogen (secondary N) is 1. The summed E-state index contributed by atoms with van der Waals surface area (Å²) in [5.74, 6) is 0.160. The molecule has 7 heteroatoms. The number of amides is 1. The van der Waals surface area contributed by atoms with Crippen LogP contribution in [0.1, 0.15) is 34.5 Å². The zero-order valence-corrected chi connectivity index (χ0v) is 18.6. The van der Waals surface area contributed by atoms with Gasteiger partial charge in [0.1, 0.15) is 5.75 Å². The Balaban J connectivity index is 1.47. The zero-order chi connectivity index (χ0) is 23.0. The molecule has 0 spiro atoms. The van der Waals surface area contributed by atoms with Crippen molar-refractivity contribution in [1.29, 1.82) is 0 Å². The van der Waals surface area contributed by atoms with Crippen LogP contribution in [0.2, 0.25) is 0 Å². The second-order valence-corrected chi connectivity index (χ2v) is 8.79. The molecule has 0 atom stereocenters. The van der Waals surface area contributed by atoms with E-state index >= 15 is 0 Å². The van der Waals surface area contributed by atoms with Crippen LogP contribution in [-0.4, -0.2) is 50.7 Å². The van der Waals surface area contributed by atoms with Crippen molar-refractivity contribution in [2.75, 3.05) is 19.6 Å². The molecule has 1 fully saturated rings. The molecular weight excluding hydrogens is 414 g/mol. The molecule has 0 radical (unpaired) electrons. The number of H-pyrrole nitrogens is 1. The van der Waals surface area contributed by atoms with Crippen molar-refractivity contribution in [1.82, 2.24) is 20.1 Å². The summed E-state index contributed by atoms with van der Waals surface area (Å²) in [6.45, 7) is 3.74. The van der Waals surface area contributed by atoms with Crippen molar-refractivity contribution in [2.45, 2.75) is 25.2 Å². The number of likely N-dealkylation sites (tertiary alicyclic amines) is 1. The minimum absolute atomic E-state index is 0.0226. The van der Waals surface area contributed by atoms with Crippen molar-refractivity contribution in [3.8, 4) is 17.0 Å². The molecule has 7 nitrogen and oxygen atoms in total. The Hall–Kier alpha value is -3.71. The summed E-state index contributed by atoms with van der Waals surface area (Å²) < 4.78 is 0. The van der Waals surface area contributed by atoms with Crippen molar-refractivity contribution < 1.29 is 9.90 Å². The largest absolute Gasteiger partial charge is 0.508 e. The second kappa shape index (κ2) is 8.33. The number of rotatable bonds is 4. The Bertz CT molecular complexity index is 1290. The number of carbonyl (C=O) groups excluding carboxylic acids is 1. The van der Waals surface area contributed by atoms with Crippen LogP contribution >= 0.6 is 0 Å². The molecule has 33 heavy (non-hydrogen) atoms. The minimum atomic E-state index is -0.103. The number of piperidine rings is 1. The molecule has 4 aromatic rings. The number of nitrogens with zero attached hydrogens (tertiary/aromatic N) is 3. The molecule has 1 amide bonds. The number of aryl methyl sites for hydroxylation is 1. The number of aromatic hydroxyl groups is 1. The summed E-state index contributed by atoms with van der Waals surface area (Å²) in [7, 11) is 0. The first-order chi connectivity index (χ1) is 16.0. The highest BCUT2D eigenvalue weighted by molar-refractivity contribution is 6.07. The molecule has 0 bridgehead atoms. The monoisotopic (exact) mass is 441 g/mol. The number of carbonyl (C=O) groups is 1. The number of aromatic amines is 1. The number of nitrogens with two attached hydrogens (primary N) is 1. The molecule has 0 saturated carbocycles. The van der Waals surface area contributed by atoms with Gasteiger partial charge in [0.2, 0.25) is 0 Å². The molecule has 1 saturated heterocycles. The Morgan fingerprint density at radius 1 is 1.12 bits per heavy atom. The highest BCUT2D eigenvalue weighted by Crippen LogP contribution is 2.36. The minimum Gasteiger partial charge on any atom is -0.508 e. The van der Waals surface area contributed by atoms with Crippen LogP contribution in [0, 0.1) is 6.92 Å². The van der Waals surface area contributed by atoms with Crippen molar-refractivity contribution in [3.05, 3.63) is 77.5 Å². The average molecular weight is 442 g/mol. The number of pyridine rings is 1. The molecule has 1 aliphatic heterocycles. The highest BCUT2D eigenvalue weighted by atomic mass is 16.3. The Morgan fingerprint density at radius 3 is 2.48 bits per heavy atom. The van der Waals surface area contributed by atoms with Crippen LogP contribution in [0.25, 0.3) is 22.3 Å². The number of aromatic nitrogens is 3. The van der Waals surface area contributed by atoms with Gasteiger partial charge >= 0.3 is 0 Å².